The van der Waals surface area contributed by atoms with E-state index >= 15 is 0 Å². The molecule has 2 aliphatic rings. The van der Waals surface area contributed by atoms with E-state index in [2.05, 4.69) is 47.2 Å². The summed E-state index contributed by atoms with van der Waals surface area (Å²) in [6.07, 6.45) is 3.00. The molecule has 0 spiro atoms. The van der Waals surface area contributed by atoms with Crippen LogP contribution < -0.4 is 19.9 Å². The topological polar surface area (TPSA) is 88.7 Å². The molecule has 2 aliphatic heterocycles. The number of hydrogen-bond acceptors (Lipinski definition) is 6. The summed E-state index contributed by atoms with van der Waals surface area (Å²) in [6, 6.07) is 18.3. The number of rotatable bonds is 7. The minimum atomic E-state index is -0.394. The predicted octanol–water partition coefficient (Wildman–Crippen LogP) is 7.72. The van der Waals surface area contributed by atoms with Gasteiger partial charge in [0.2, 0.25) is 0 Å². The average Bonchev–Trinajstić information content (AvgIpc) is 3.50. The molecule has 4 aromatic rings. The van der Waals surface area contributed by atoms with Crippen LogP contribution in [0, 0.1) is 35.8 Å². The Bertz CT molecular complexity index is 1750. The van der Waals surface area contributed by atoms with Gasteiger partial charge in [-0.05, 0) is 92.4 Å². The molecule has 11 heteroatoms. The largest absolute Gasteiger partial charge is 0.495 e. The van der Waals surface area contributed by atoms with E-state index in [1.165, 1.54) is 12.5 Å². The first-order chi connectivity index (χ1) is 21.6. The first-order valence-corrected chi connectivity index (χ1v) is 15.9. The molecule has 1 N–H and O–H groups in total. The van der Waals surface area contributed by atoms with Crippen molar-refractivity contribution in [1.29, 1.82) is 0 Å². The summed E-state index contributed by atoms with van der Waals surface area (Å²) in [4.78, 5) is 20.5. The standard InChI is InChI=1S/C34H37ClN6O3S/c1-20-14-21(2)19-38(18-20)29-11-9-24(16-27(29)35)40-33(32(37-34(40)45)28-8-6-7-13-36-28)26-15-22(3)39(23(26)4)30-17-25(41(42)43)10-12-31(30)44-5/h6-13,15-17,20-21,32-33H,14,18-19H2,1-5H3,(H,37,45)/t20-,21-,32-,33+/m0/s1. The van der Waals surface area contributed by atoms with Crippen LogP contribution in [0.3, 0.4) is 0 Å². The van der Waals surface area contributed by atoms with E-state index in [4.69, 9.17) is 33.5 Å². The zero-order valence-corrected chi connectivity index (χ0v) is 27.6. The van der Waals surface area contributed by atoms with Gasteiger partial charge < -0.3 is 24.4 Å². The minimum absolute atomic E-state index is 0.0104. The second-order valence-corrected chi connectivity index (χ2v) is 13.1. The van der Waals surface area contributed by atoms with Crippen LogP contribution >= 0.6 is 23.8 Å². The number of hydrogen-bond donors (Lipinski definition) is 1. The Kier molecular flexibility index (Phi) is 8.45. The van der Waals surface area contributed by atoms with E-state index in [9.17, 15) is 10.1 Å². The van der Waals surface area contributed by atoms with Crippen LogP contribution in [0.25, 0.3) is 5.69 Å². The molecule has 9 nitrogen and oxygen atoms in total. The Balaban J connectivity index is 1.47. The second-order valence-electron chi connectivity index (χ2n) is 12.3. The van der Waals surface area contributed by atoms with Gasteiger partial charge in [0.1, 0.15) is 5.75 Å². The Morgan fingerprint density at radius 3 is 2.44 bits per heavy atom. The number of thiocarbonyl (C=S) groups is 1. The lowest BCUT2D eigenvalue weighted by Crippen LogP contribution is -2.38. The summed E-state index contributed by atoms with van der Waals surface area (Å²) in [5.74, 6) is 1.74. The third-order valence-electron chi connectivity index (χ3n) is 8.92. The van der Waals surface area contributed by atoms with Crippen molar-refractivity contribution in [2.75, 3.05) is 30.0 Å². The molecular weight excluding hydrogens is 608 g/mol. The average molecular weight is 645 g/mol. The van der Waals surface area contributed by atoms with Crippen molar-refractivity contribution in [3.05, 3.63) is 105 Å². The molecule has 0 radical (unpaired) electrons. The van der Waals surface area contributed by atoms with Crippen molar-refractivity contribution < 1.29 is 9.66 Å². The zero-order valence-electron chi connectivity index (χ0n) is 26.0. The van der Waals surface area contributed by atoms with Gasteiger partial charge in [0.15, 0.2) is 5.11 Å². The van der Waals surface area contributed by atoms with E-state index < -0.39 is 4.92 Å². The third kappa shape index (κ3) is 5.73. The van der Waals surface area contributed by atoms with Crippen LogP contribution in [-0.4, -0.2) is 39.8 Å². The fraction of sp³-hybridized carbons (Fsp3) is 0.353. The van der Waals surface area contributed by atoms with Crippen LogP contribution in [0.1, 0.15) is 55.0 Å². The number of nitro groups is 1. The smallest absolute Gasteiger partial charge is 0.271 e. The van der Waals surface area contributed by atoms with E-state index in [0.29, 0.717) is 33.4 Å². The van der Waals surface area contributed by atoms with Gasteiger partial charge in [-0.2, -0.15) is 0 Å². The number of piperidine rings is 1. The number of pyridine rings is 1. The number of nitro benzene ring substituents is 1. The molecular formula is C34H37ClN6O3S. The van der Waals surface area contributed by atoms with Gasteiger partial charge in [-0.3, -0.25) is 15.1 Å². The number of ether oxygens (including phenoxy) is 1. The number of non-ortho nitro benzene ring substituents is 1. The molecule has 0 amide bonds. The van der Waals surface area contributed by atoms with Crippen LogP contribution in [0.4, 0.5) is 17.1 Å². The Morgan fingerprint density at radius 2 is 1.80 bits per heavy atom. The van der Waals surface area contributed by atoms with Crippen molar-refractivity contribution in [3.8, 4) is 11.4 Å². The van der Waals surface area contributed by atoms with Crippen molar-refractivity contribution in [1.82, 2.24) is 14.9 Å². The molecule has 2 aromatic carbocycles. The maximum Gasteiger partial charge on any atom is 0.271 e. The van der Waals surface area contributed by atoms with E-state index in [-0.39, 0.29) is 17.8 Å². The second kappa shape index (κ2) is 12.3. The highest BCUT2D eigenvalue weighted by Gasteiger charge is 2.42. The predicted molar refractivity (Wildman–Crippen MR) is 183 cm³/mol. The van der Waals surface area contributed by atoms with Crippen LogP contribution in [0.5, 0.6) is 5.75 Å². The van der Waals surface area contributed by atoms with Crippen molar-refractivity contribution in [2.45, 2.75) is 46.2 Å². The highest BCUT2D eigenvalue weighted by molar-refractivity contribution is 7.80. The molecule has 2 saturated heterocycles. The van der Waals surface area contributed by atoms with Crippen molar-refractivity contribution >= 4 is 46.0 Å². The SMILES string of the molecule is COc1ccc([N+](=O)[O-])cc1-n1c(C)cc([C@@H]2[C@H](c3ccccn3)NC(=S)N2c2ccc(N3C[C@@H](C)C[C@H](C)C3)c(Cl)c2)c1C. The number of benzene rings is 2. The number of anilines is 2. The lowest BCUT2D eigenvalue weighted by molar-refractivity contribution is -0.384. The number of halogens is 1. The highest BCUT2D eigenvalue weighted by Crippen LogP contribution is 2.46. The monoisotopic (exact) mass is 644 g/mol. The van der Waals surface area contributed by atoms with Gasteiger partial charge in [0.05, 0.1) is 46.2 Å². The van der Waals surface area contributed by atoms with Gasteiger partial charge in [0.25, 0.3) is 5.69 Å². The summed E-state index contributed by atoms with van der Waals surface area (Å²) in [6.45, 7) is 10.5. The maximum atomic E-state index is 11.7. The van der Waals surface area contributed by atoms with E-state index in [0.717, 1.165) is 47.1 Å². The number of methoxy groups -OCH3 is 1. The third-order valence-corrected chi connectivity index (χ3v) is 9.54. The quantitative estimate of drug-likeness (QED) is 0.124. The Morgan fingerprint density at radius 1 is 1.04 bits per heavy atom. The fourth-order valence-corrected chi connectivity index (χ4v) is 7.78. The molecule has 0 saturated carbocycles. The minimum Gasteiger partial charge on any atom is -0.495 e. The van der Waals surface area contributed by atoms with Crippen LogP contribution in [0.15, 0.2) is 66.9 Å². The Hall–Kier alpha value is -4.15. The summed E-state index contributed by atoms with van der Waals surface area (Å²) in [5.41, 5.74) is 6.16. The molecule has 0 unspecified atom stereocenters. The summed E-state index contributed by atoms with van der Waals surface area (Å²) in [7, 11) is 1.57. The lowest BCUT2D eigenvalue weighted by Gasteiger charge is -2.37. The molecule has 234 valence electrons. The van der Waals surface area contributed by atoms with Gasteiger partial charge in [-0.15, -0.1) is 0 Å². The van der Waals surface area contributed by atoms with Gasteiger partial charge in [-0.25, -0.2) is 0 Å². The maximum absolute atomic E-state index is 11.7. The van der Waals surface area contributed by atoms with E-state index in [1.54, 1.807) is 25.4 Å². The number of nitrogens with zero attached hydrogens (tertiary/aromatic N) is 5. The highest BCUT2D eigenvalue weighted by atomic mass is 35.5. The normalized spacial score (nSPS) is 21.6. The van der Waals surface area contributed by atoms with Crippen LogP contribution in [-0.2, 0) is 0 Å². The number of nitrogens with one attached hydrogen (secondary N) is 1. The molecule has 0 bridgehead atoms. The van der Waals surface area contributed by atoms with Gasteiger partial charge >= 0.3 is 0 Å². The Labute approximate surface area is 273 Å². The number of aromatic nitrogens is 2. The summed E-state index contributed by atoms with van der Waals surface area (Å²) < 4.78 is 7.65. The first kappa shape index (κ1) is 30.9. The van der Waals surface area contributed by atoms with Crippen molar-refractivity contribution in [2.24, 2.45) is 11.8 Å². The molecule has 4 heterocycles. The van der Waals surface area contributed by atoms with Gasteiger partial charge in [0, 0.05) is 48.5 Å². The van der Waals surface area contributed by atoms with Crippen LogP contribution in [0.2, 0.25) is 5.02 Å². The molecule has 2 aromatic heterocycles. The fourth-order valence-electron chi connectivity index (χ4n) is 7.14. The number of aryl methyl sites for hydroxylation is 1. The summed E-state index contributed by atoms with van der Waals surface area (Å²) in [5, 5.41) is 16.5. The zero-order chi connectivity index (χ0) is 32.0. The van der Waals surface area contributed by atoms with Gasteiger partial charge in [-0.1, -0.05) is 31.5 Å². The lowest BCUT2D eigenvalue weighted by atomic mass is 9.91. The van der Waals surface area contributed by atoms with E-state index in [1.807, 2.05) is 42.7 Å². The summed E-state index contributed by atoms with van der Waals surface area (Å²) >= 11 is 13.0. The molecule has 4 atom stereocenters. The molecule has 2 fully saturated rings. The molecule has 45 heavy (non-hydrogen) atoms. The first-order valence-electron chi connectivity index (χ1n) is 15.1. The van der Waals surface area contributed by atoms with Crippen molar-refractivity contribution in [3.63, 3.8) is 0 Å². The molecule has 0 aliphatic carbocycles. The molecule has 6 rings (SSSR count).